The Morgan fingerprint density at radius 2 is 1.79 bits per heavy atom. The normalized spacial score (nSPS) is 53.2. The molecule has 0 radical (unpaired) electrons. The standard InChI is InChI=1S/C20H30O4/c1-12(21)24-15-7-6-13-16-14(8-11-18(13,15)2)19(3)9-4-5-10-20(19,23)17(16)22/h13-16,23H,4-11H2,1-3H3/t13-,14-,15-,16-,18-,19+,20-/m0/s1. The summed E-state index contributed by atoms with van der Waals surface area (Å²) in [5.41, 5.74) is -1.48. The second-order valence-corrected chi connectivity index (χ2v) is 9.31. The second kappa shape index (κ2) is 5.06. The van der Waals surface area contributed by atoms with Crippen molar-refractivity contribution in [1.29, 1.82) is 0 Å². The summed E-state index contributed by atoms with van der Waals surface area (Å²) in [4.78, 5) is 24.8. The summed E-state index contributed by atoms with van der Waals surface area (Å²) >= 11 is 0. The largest absolute Gasteiger partial charge is 0.462 e. The topological polar surface area (TPSA) is 63.6 Å². The van der Waals surface area contributed by atoms with Gasteiger partial charge in [-0.15, -0.1) is 0 Å². The number of hydrogen-bond donors (Lipinski definition) is 1. The molecule has 4 saturated carbocycles. The highest BCUT2D eigenvalue weighted by atomic mass is 16.5. The van der Waals surface area contributed by atoms with E-state index in [9.17, 15) is 14.7 Å². The first-order chi connectivity index (χ1) is 11.2. The summed E-state index contributed by atoms with van der Waals surface area (Å²) in [5, 5.41) is 11.3. The minimum absolute atomic E-state index is 0.0441. The van der Waals surface area contributed by atoms with Gasteiger partial charge >= 0.3 is 5.97 Å². The second-order valence-electron chi connectivity index (χ2n) is 9.31. The zero-order chi connectivity index (χ0) is 17.3. The molecule has 0 bridgehead atoms. The lowest BCUT2D eigenvalue weighted by molar-refractivity contribution is -0.156. The van der Waals surface area contributed by atoms with Gasteiger partial charge in [0.15, 0.2) is 5.78 Å². The van der Waals surface area contributed by atoms with Gasteiger partial charge in [0.2, 0.25) is 0 Å². The molecule has 0 saturated heterocycles. The van der Waals surface area contributed by atoms with E-state index in [1.807, 2.05) is 0 Å². The van der Waals surface area contributed by atoms with Crippen LogP contribution < -0.4 is 0 Å². The Morgan fingerprint density at radius 3 is 2.50 bits per heavy atom. The number of hydrogen-bond acceptors (Lipinski definition) is 4. The van der Waals surface area contributed by atoms with Gasteiger partial charge in [0.05, 0.1) is 0 Å². The highest BCUT2D eigenvalue weighted by Gasteiger charge is 2.71. The predicted molar refractivity (Wildman–Crippen MR) is 89.1 cm³/mol. The number of ether oxygens (including phenoxy) is 1. The average molecular weight is 334 g/mol. The molecule has 4 rings (SSSR count). The van der Waals surface area contributed by atoms with Crippen molar-refractivity contribution >= 4 is 11.8 Å². The number of ketones is 1. The number of esters is 1. The van der Waals surface area contributed by atoms with Crippen LogP contribution in [0.15, 0.2) is 0 Å². The van der Waals surface area contributed by atoms with Crippen LogP contribution in [0.5, 0.6) is 0 Å². The predicted octanol–water partition coefficient (Wildman–Crippen LogP) is 3.25. The molecule has 4 aliphatic carbocycles. The van der Waals surface area contributed by atoms with Gasteiger partial charge in [-0.05, 0) is 50.4 Å². The van der Waals surface area contributed by atoms with Crippen molar-refractivity contribution in [3.63, 3.8) is 0 Å². The number of carbonyl (C=O) groups excluding carboxylic acids is 2. The van der Waals surface area contributed by atoms with E-state index in [-0.39, 0.29) is 40.5 Å². The maximum Gasteiger partial charge on any atom is 0.302 e. The summed E-state index contributed by atoms with van der Waals surface area (Å²) in [7, 11) is 0. The van der Waals surface area contributed by atoms with Crippen LogP contribution in [-0.2, 0) is 14.3 Å². The minimum Gasteiger partial charge on any atom is -0.462 e. The van der Waals surface area contributed by atoms with Crippen molar-refractivity contribution in [3.05, 3.63) is 0 Å². The maximum absolute atomic E-state index is 13.4. The van der Waals surface area contributed by atoms with E-state index in [4.69, 9.17) is 4.74 Å². The molecule has 134 valence electrons. The molecule has 24 heavy (non-hydrogen) atoms. The molecular formula is C20H30O4. The van der Waals surface area contributed by atoms with E-state index >= 15 is 0 Å². The lowest BCUT2D eigenvalue weighted by atomic mass is 9.55. The average Bonchev–Trinajstić information content (AvgIpc) is 2.92. The van der Waals surface area contributed by atoms with Crippen LogP contribution in [-0.4, -0.2) is 28.6 Å². The summed E-state index contributed by atoms with van der Waals surface area (Å²) < 4.78 is 5.62. The first kappa shape index (κ1) is 16.6. The van der Waals surface area contributed by atoms with Crippen LogP contribution >= 0.6 is 0 Å². The van der Waals surface area contributed by atoms with E-state index in [2.05, 4.69) is 13.8 Å². The van der Waals surface area contributed by atoms with Gasteiger partial charge in [-0.2, -0.15) is 0 Å². The highest BCUT2D eigenvalue weighted by molar-refractivity contribution is 5.94. The Balaban J connectivity index is 1.70. The van der Waals surface area contributed by atoms with E-state index in [1.165, 1.54) is 6.92 Å². The first-order valence-corrected chi connectivity index (χ1v) is 9.68. The summed E-state index contributed by atoms with van der Waals surface area (Å²) in [5.74, 6) is 0.386. The van der Waals surface area contributed by atoms with Gasteiger partial charge in [-0.3, -0.25) is 9.59 Å². The van der Waals surface area contributed by atoms with Gasteiger partial charge < -0.3 is 9.84 Å². The Kier molecular flexibility index (Phi) is 3.49. The van der Waals surface area contributed by atoms with Crippen LogP contribution in [0, 0.1) is 28.6 Å². The third kappa shape index (κ3) is 1.84. The molecule has 4 fully saturated rings. The molecule has 0 unspecified atom stereocenters. The maximum atomic E-state index is 13.4. The number of carbonyl (C=O) groups is 2. The molecular weight excluding hydrogens is 304 g/mol. The zero-order valence-electron chi connectivity index (χ0n) is 15.1. The van der Waals surface area contributed by atoms with Gasteiger partial charge in [-0.25, -0.2) is 0 Å². The monoisotopic (exact) mass is 334 g/mol. The molecule has 4 aliphatic rings. The SMILES string of the molecule is CC(=O)O[C@H]1CC[C@H]2[C@@H]3C(=O)[C@@]4(O)CCCC[C@]4(C)[C@H]3CC[C@]12C. The zero-order valence-corrected chi connectivity index (χ0v) is 15.1. The smallest absolute Gasteiger partial charge is 0.302 e. The van der Waals surface area contributed by atoms with Crippen molar-refractivity contribution in [2.45, 2.75) is 83.8 Å². The highest BCUT2D eigenvalue weighted by Crippen LogP contribution is 2.68. The third-order valence-corrected chi connectivity index (χ3v) is 8.45. The lowest BCUT2D eigenvalue weighted by Gasteiger charge is -2.50. The molecule has 0 amide bonds. The Bertz CT molecular complexity index is 586. The van der Waals surface area contributed by atoms with E-state index < -0.39 is 5.60 Å². The van der Waals surface area contributed by atoms with Crippen LogP contribution in [0.25, 0.3) is 0 Å². The van der Waals surface area contributed by atoms with Gasteiger partial charge in [0.1, 0.15) is 11.7 Å². The van der Waals surface area contributed by atoms with Crippen LogP contribution in [0.1, 0.15) is 72.1 Å². The Hall–Kier alpha value is -0.900. The number of fused-ring (bicyclic) bond motifs is 5. The van der Waals surface area contributed by atoms with Gasteiger partial charge in [0, 0.05) is 23.7 Å². The summed E-state index contributed by atoms with van der Waals surface area (Å²) in [6, 6.07) is 0. The molecule has 0 aromatic carbocycles. The molecule has 0 aromatic rings. The molecule has 0 heterocycles. The number of Topliss-reactive ketones (excluding diaryl/α,β-unsaturated/α-hetero) is 1. The Morgan fingerprint density at radius 1 is 1.08 bits per heavy atom. The van der Waals surface area contributed by atoms with Crippen molar-refractivity contribution < 1.29 is 19.4 Å². The fraction of sp³-hybridized carbons (Fsp3) is 0.900. The summed E-state index contributed by atoms with van der Waals surface area (Å²) in [6.45, 7) is 5.84. The minimum atomic E-state index is -1.12. The van der Waals surface area contributed by atoms with E-state index in [1.54, 1.807) is 0 Å². The van der Waals surface area contributed by atoms with Gasteiger partial charge in [0.25, 0.3) is 0 Å². The van der Waals surface area contributed by atoms with Crippen molar-refractivity contribution in [1.82, 2.24) is 0 Å². The third-order valence-electron chi connectivity index (χ3n) is 8.45. The number of rotatable bonds is 1. The van der Waals surface area contributed by atoms with Crippen LogP contribution in [0.4, 0.5) is 0 Å². The first-order valence-electron chi connectivity index (χ1n) is 9.68. The summed E-state index contributed by atoms with van der Waals surface area (Å²) in [6.07, 6.45) is 7.36. The van der Waals surface area contributed by atoms with E-state index in [0.29, 0.717) is 12.3 Å². The van der Waals surface area contributed by atoms with Gasteiger partial charge in [-0.1, -0.05) is 26.7 Å². The van der Waals surface area contributed by atoms with Crippen molar-refractivity contribution in [2.75, 3.05) is 0 Å². The quantitative estimate of drug-likeness (QED) is 0.748. The van der Waals surface area contributed by atoms with Crippen molar-refractivity contribution in [2.24, 2.45) is 28.6 Å². The molecule has 0 aromatic heterocycles. The molecule has 1 N–H and O–H groups in total. The fourth-order valence-electron chi connectivity index (χ4n) is 7.10. The Labute approximate surface area is 144 Å². The van der Waals surface area contributed by atoms with Crippen molar-refractivity contribution in [3.8, 4) is 0 Å². The lowest BCUT2D eigenvalue weighted by Crippen LogP contribution is -2.51. The van der Waals surface area contributed by atoms with Crippen LogP contribution in [0.3, 0.4) is 0 Å². The molecule has 0 spiro atoms. The molecule has 7 atom stereocenters. The number of aliphatic hydroxyl groups is 1. The molecule has 0 aliphatic heterocycles. The molecule has 4 heteroatoms. The fourth-order valence-corrected chi connectivity index (χ4v) is 7.10. The van der Waals surface area contributed by atoms with Crippen LogP contribution in [0.2, 0.25) is 0 Å². The van der Waals surface area contributed by atoms with E-state index in [0.717, 1.165) is 44.9 Å². The molecule has 4 nitrogen and oxygen atoms in total.